The molecule has 56 valence electrons. The summed E-state index contributed by atoms with van der Waals surface area (Å²) in [4.78, 5) is 5.89. The lowest BCUT2D eigenvalue weighted by atomic mass is 10.6. The molecule has 0 amide bonds. The van der Waals surface area contributed by atoms with Gasteiger partial charge in [0, 0.05) is 13.2 Å². The summed E-state index contributed by atoms with van der Waals surface area (Å²) in [7, 11) is 3.81. The average Bonchev–Trinajstić information content (AvgIpc) is 1.85. The van der Waals surface area contributed by atoms with Crippen LogP contribution in [0.1, 0.15) is 0 Å². The van der Waals surface area contributed by atoms with E-state index in [1.807, 2.05) is 19.0 Å². The number of hydrogen-bond donors (Lipinski definition) is 2. The largest absolute Gasteiger partial charge is 0.307 e. The van der Waals surface area contributed by atoms with Crippen molar-refractivity contribution in [2.75, 3.05) is 33.9 Å². The maximum atomic E-state index is 7.94. The molecule has 9 heavy (non-hydrogen) atoms. The first-order valence-electron chi connectivity index (χ1n) is 2.90. The first-order valence-corrected chi connectivity index (χ1v) is 2.90. The molecule has 0 fully saturated rings. The van der Waals surface area contributed by atoms with Crippen molar-refractivity contribution < 1.29 is 10.1 Å². The minimum atomic E-state index is 0.359. The number of rotatable bonds is 5. The monoisotopic (exact) mass is 134 g/mol. The Morgan fingerprint density at radius 1 is 1.67 bits per heavy atom. The molecule has 0 atom stereocenters. The Hall–Kier alpha value is -0.160. The van der Waals surface area contributed by atoms with Gasteiger partial charge in [0.15, 0.2) is 0 Å². The molecule has 0 aromatic heterocycles. The van der Waals surface area contributed by atoms with Gasteiger partial charge in [-0.1, -0.05) is 0 Å². The predicted molar refractivity (Wildman–Crippen MR) is 35.1 cm³/mol. The molecule has 0 aliphatic carbocycles. The summed E-state index contributed by atoms with van der Waals surface area (Å²) in [5.41, 5.74) is 0. The zero-order valence-corrected chi connectivity index (χ0v) is 5.92. The van der Waals surface area contributed by atoms with Crippen LogP contribution in [0.15, 0.2) is 0 Å². The van der Waals surface area contributed by atoms with Crippen LogP contribution < -0.4 is 5.32 Å². The predicted octanol–water partition coefficient (Wildman–Crippen LogP) is -0.415. The van der Waals surface area contributed by atoms with Gasteiger partial charge in [0.1, 0.15) is 0 Å². The molecule has 0 bridgehead atoms. The summed E-state index contributed by atoms with van der Waals surface area (Å²) < 4.78 is 0. The lowest BCUT2D eigenvalue weighted by Crippen LogP contribution is -2.31. The summed E-state index contributed by atoms with van der Waals surface area (Å²) in [5, 5.41) is 10.9. The molecule has 0 spiro atoms. The van der Waals surface area contributed by atoms with Gasteiger partial charge in [-0.15, -0.1) is 0 Å². The molecule has 4 nitrogen and oxygen atoms in total. The molecule has 0 aromatic rings. The topological polar surface area (TPSA) is 44.7 Å². The van der Waals surface area contributed by atoms with E-state index in [-0.39, 0.29) is 0 Å². The van der Waals surface area contributed by atoms with Crippen LogP contribution in [0, 0.1) is 0 Å². The highest BCUT2D eigenvalue weighted by atomic mass is 17.1. The first-order chi connectivity index (χ1) is 4.31. The second-order valence-electron chi connectivity index (χ2n) is 1.92. The molecular weight excluding hydrogens is 120 g/mol. The van der Waals surface area contributed by atoms with Crippen molar-refractivity contribution in [1.82, 2.24) is 10.2 Å². The highest BCUT2D eigenvalue weighted by Crippen LogP contribution is 1.76. The lowest BCUT2D eigenvalue weighted by Gasteiger charge is -2.13. The van der Waals surface area contributed by atoms with E-state index in [1.54, 1.807) is 0 Å². The fourth-order valence-corrected chi connectivity index (χ4v) is 0.546. The molecule has 2 N–H and O–H groups in total. The first kappa shape index (κ1) is 8.84. The Kier molecular flexibility index (Phi) is 5.86. The van der Waals surface area contributed by atoms with E-state index in [9.17, 15) is 0 Å². The molecule has 0 aromatic carbocycles. The standard InChI is InChI=1S/C5H14N2O2/c1-6-5-7(2)3-4-9-8/h6,8H,3-5H2,1-2H3. The third kappa shape index (κ3) is 5.72. The van der Waals surface area contributed by atoms with Gasteiger partial charge >= 0.3 is 0 Å². The highest BCUT2D eigenvalue weighted by Gasteiger charge is 1.93. The third-order valence-corrected chi connectivity index (χ3v) is 0.992. The van der Waals surface area contributed by atoms with Crippen molar-refractivity contribution in [3.63, 3.8) is 0 Å². The van der Waals surface area contributed by atoms with Gasteiger partial charge in [-0.2, -0.15) is 0 Å². The number of nitrogens with zero attached hydrogens (tertiary/aromatic N) is 1. The van der Waals surface area contributed by atoms with Crippen molar-refractivity contribution in [2.24, 2.45) is 0 Å². The Labute approximate surface area is 55.3 Å². The van der Waals surface area contributed by atoms with E-state index in [4.69, 9.17) is 5.26 Å². The Bertz CT molecular complexity index is 60.9. The molecule has 0 heterocycles. The zero-order valence-electron chi connectivity index (χ0n) is 5.92. The van der Waals surface area contributed by atoms with Gasteiger partial charge in [-0.05, 0) is 14.1 Å². The van der Waals surface area contributed by atoms with Crippen LogP contribution in [0.5, 0.6) is 0 Å². The van der Waals surface area contributed by atoms with Gasteiger partial charge < -0.3 is 5.32 Å². The van der Waals surface area contributed by atoms with Crippen LogP contribution in [0.4, 0.5) is 0 Å². The summed E-state index contributed by atoms with van der Waals surface area (Å²) in [6.45, 7) is 1.90. The maximum Gasteiger partial charge on any atom is 0.0947 e. The SMILES string of the molecule is CNCN(C)CCOO. The lowest BCUT2D eigenvalue weighted by molar-refractivity contribution is -0.243. The van der Waals surface area contributed by atoms with Crippen molar-refractivity contribution in [3.8, 4) is 0 Å². The fraction of sp³-hybridized carbons (Fsp3) is 1.00. The van der Waals surface area contributed by atoms with Crippen LogP contribution in [0.25, 0.3) is 0 Å². The van der Waals surface area contributed by atoms with Crippen LogP contribution >= 0.6 is 0 Å². The van der Waals surface area contributed by atoms with Gasteiger partial charge in [0.05, 0.1) is 6.61 Å². The summed E-state index contributed by atoms with van der Waals surface area (Å²) >= 11 is 0. The molecule has 4 heteroatoms. The van der Waals surface area contributed by atoms with Crippen molar-refractivity contribution in [1.29, 1.82) is 0 Å². The summed E-state index contributed by atoms with van der Waals surface area (Å²) in [6, 6.07) is 0. The molecule has 0 saturated heterocycles. The molecular formula is C5H14N2O2. The van der Waals surface area contributed by atoms with E-state index in [1.165, 1.54) is 0 Å². The van der Waals surface area contributed by atoms with E-state index in [2.05, 4.69) is 10.2 Å². The summed E-state index contributed by atoms with van der Waals surface area (Å²) in [5.74, 6) is 0. The maximum absolute atomic E-state index is 7.94. The Morgan fingerprint density at radius 2 is 2.33 bits per heavy atom. The van der Waals surface area contributed by atoms with Crippen molar-refractivity contribution in [2.45, 2.75) is 0 Å². The van der Waals surface area contributed by atoms with Gasteiger partial charge in [0.2, 0.25) is 0 Å². The van der Waals surface area contributed by atoms with Crippen LogP contribution in [0.2, 0.25) is 0 Å². The van der Waals surface area contributed by atoms with E-state index in [0.717, 1.165) is 13.2 Å². The molecule has 0 aliphatic rings. The Morgan fingerprint density at radius 3 is 2.78 bits per heavy atom. The van der Waals surface area contributed by atoms with E-state index >= 15 is 0 Å². The van der Waals surface area contributed by atoms with Crippen LogP contribution in [-0.4, -0.2) is 44.1 Å². The smallest absolute Gasteiger partial charge is 0.0947 e. The molecule has 0 saturated carbocycles. The van der Waals surface area contributed by atoms with Crippen LogP contribution in [0.3, 0.4) is 0 Å². The third-order valence-electron chi connectivity index (χ3n) is 0.992. The second kappa shape index (κ2) is 5.97. The molecule has 0 rings (SSSR count). The second-order valence-corrected chi connectivity index (χ2v) is 1.92. The highest BCUT2D eigenvalue weighted by molar-refractivity contribution is 4.43. The van der Waals surface area contributed by atoms with E-state index < -0.39 is 0 Å². The fourth-order valence-electron chi connectivity index (χ4n) is 0.546. The number of likely N-dealkylation sites (N-methyl/N-ethyl adjacent to an activating group) is 1. The van der Waals surface area contributed by atoms with Crippen molar-refractivity contribution >= 4 is 0 Å². The molecule has 0 radical (unpaired) electrons. The number of hydrogen-bond acceptors (Lipinski definition) is 4. The van der Waals surface area contributed by atoms with Crippen LogP contribution in [-0.2, 0) is 4.89 Å². The van der Waals surface area contributed by atoms with Gasteiger partial charge in [0.25, 0.3) is 0 Å². The number of nitrogens with one attached hydrogen (secondary N) is 1. The van der Waals surface area contributed by atoms with E-state index in [0.29, 0.717) is 6.61 Å². The quantitative estimate of drug-likeness (QED) is 0.304. The van der Waals surface area contributed by atoms with Gasteiger partial charge in [-0.25, -0.2) is 4.89 Å². The van der Waals surface area contributed by atoms with Crippen molar-refractivity contribution in [3.05, 3.63) is 0 Å². The molecule has 0 unspecified atom stereocenters. The Balaban J connectivity index is 2.95. The molecule has 0 aliphatic heterocycles. The summed E-state index contributed by atoms with van der Waals surface area (Å²) in [6.07, 6.45) is 0. The zero-order chi connectivity index (χ0) is 7.11. The normalized spacial score (nSPS) is 10.7. The minimum Gasteiger partial charge on any atom is -0.307 e. The minimum absolute atomic E-state index is 0.359. The van der Waals surface area contributed by atoms with Gasteiger partial charge in [-0.3, -0.25) is 10.2 Å². The average molecular weight is 134 g/mol.